The van der Waals surface area contributed by atoms with Gasteiger partial charge in [-0.15, -0.1) is 0 Å². The number of rotatable bonds is 7. The van der Waals surface area contributed by atoms with Gasteiger partial charge in [-0.05, 0) is 36.4 Å². The molecule has 0 saturated heterocycles. The van der Waals surface area contributed by atoms with Crippen molar-refractivity contribution in [1.82, 2.24) is 0 Å². The summed E-state index contributed by atoms with van der Waals surface area (Å²) in [6.07, 6.45) is 0. The SMILES string of the molecule is COc1ccc(OCCS(=O)(=O)Nc2ccc(F)cc2F)cc1. The van der Waals surface area contributed by atoms with Crippen molar-refractivity contribution in [2.45, 2.75) is 0 Å². The van der Waals surface area contributed by atoms with E-state index in [1.54, 1.807) is 24.3 Å². The van der Waals surface area contributed by atoms with E-state index >= 15 is 0 Å². The second kappa shape index (κ2) is 7.28. The summed E-state index contributed by atoms with van der Waals surface area (Å²) >= 11 is 0. The molecule has 124 valence electrons. The van der Waals surface area contributed by atoms with Crippen molar-refractivity contribution in [3.8, 4) is 11.5 Å². The Morgan fingerprint density at radius 3 is 2.30 bits per heavy atom. The molecule has 2 aromatic rings. The monoisotopic (exact) mass is 343 g/mol. The average molecular weight is 343 g/mol. The van der Waals surface area contributed by atoms with Crippen molar-refractivity contribution in [2.75, 3.05) is 24.2 Å². The highest BCUT2D eigenvalue weighted by molar-refractivity contribution is 7.92. The largest absolute Gasteiger partial charge is 0.497 e. The van der Waals surface area contributed by atoms with E-state index in [0.29, 0.717) is 17.6 Å². The molecule has 5 nitrogen and oxygen atoms in total. The summed E-state index contributed by atoms with van der Waals surface area (Å²) in [5.41, 5.74) is -0.309. The number of hydrogen-bond acceptors (Lipinski definition) is 4. The van der Waals surface area contributed by atoms with Crippen LogP contribution in [0, 0.1) is 11.6 Å². The molecular formula is C15H15F2NO4S. The number of benzene rings is 2. The highest BCUT2D eigenvalue weighted by Crippen LogP contribution is 2.18. The van der Waals surface area contributed by atoms with Gasteiger partial charge in [0, 0.05) is 6.07 Å². The van der Waals surface area contributed by atoms with E-state index in [4.69, 9.17) is 9.47 Å². The van der Waals surface area contributed by atoms with Crippen LogP contribution in [0.5, 0.6) is 11.5 Å². The van der Waals surface area contributed by atoms with E-state index < -0.39 is 21.7 Å². The summed E-state index contributed by atoms with van der Waals surface area (Å²) in [5, 5.41) is 0. The predicted molar refractivity (Wildman–Crippen MR) is 82.3 cm³/mol. The van der Waals surface area contributed by atoms with Gasteiger partial charge in [-0.25, -0.2) is 17.2 Å². The number of halogens is 2. The molecule has 0 aliphatic carbocycles. The van der Waals surface area contributed by atoms with Crippen LogP contribution in [0.25, 0.3) is 0 Å². The number of nitrogens with one attached hydrogen (secondary N) is 1. The smallest absolute Gasteiger partial charge is 0.236 e. The van der Waals surface area contributed by atoms with E-state index in [1.165, 1.54) is 7.11 Å². The Bertz CT molecular complexity index is 764. The molecule has 0 fully saturated rings. The number of ether oxygens (including phenoxy) is 2. The van der Waals surface area contributed by atoms with Gasteiger partial charge in [0.2, 0.25) is 10.0 Å². The molecule has 0 spiro atoms. The highest BCUT2D eigenvalue weighted by atomic mass is 32.2. The Labute approximate surface area is 132 Å². The first kappa shape index (κ1) is 17.0. The van der Waals surface area contributed by atoms with Crippen LogP contribution in [0.3, 0.4) is 0 Å². The van der Waals surface area contributed by atoms with E-state index in [0.717, 1.165) is 12.1 Å². The van der Waals surface area contributed by atoms with Gasteiger partial charge in [0.1, 0.15) is 35.5 Å². The van der Waals surface area contributed by atoms with Crippen molar-refractivity contribution in [1.29, 1.82) is 0 Å². The number of hydrogen-bond donors (Lipinski definition) is 1. The Morgan fingerprint density at radius 1 is 1.04 bits per heavy atom. The van der Waals surface area contributed by atoms with Gasteiger partial charge >= 0.3 is 0 Å². The molecule has 1 N–H and O–H groups in total. The summed E-state index contributed by atoms with van der Waals surface area (Å²) in [6.45, 7) is -0.121. The van der Waals surface area contributed by atoms with Gasteiger partial charge in [-0.1, -0.05) is 0 Å². The van der Waals surface area contributed by atoms with Gasteiger partial charge in [-0.3, -0.25) is 4.72 Å². The lowest BCUT2D eigenvalue weighted by molar-refractivity contribution is 0.340. The Morgan fingerprint density at radius 2 is 1.70 bits per heavy atom. The molecular weight excluding hydrogens is 328 g/mol. The summed E-state index contributed by atoms with van der Waals surface area (Å²) in [4.78, 5) is 0. The van der Waals surface area contributed by atoms with Crippen molar-refractivity contribution in [3.05, 3.63) is 54.1 Å². The summed E-state index contributed by atoms with van der Waals surface area (Å²) < 4.78 is 62.3. The number of sulfonamides is 1. The topological polar surface area (TPSA) is 64.6 Å². The Kier molecular flexibility index (Phi) is 5.38. The molecule has 8 heteroatoms. The van der Waals surface area contributed by atoms with Crippen LogP contribution in [0.1, 0.15) is 0 Å². The minimum atomic E-state index is -3.82. The van der Waals surface area contributed by atoms with Crippen LogP contribution in [-0.2, 0) is 10.0 Å². The second-order valence-corrected chi connectivity index (χ2v) is 6.41. The molecule has 0 radical (unpaired) electrons. The van der Waals surface area contributed by atoms with Crippen LogP contribution in [0.15, 0.2) is 42.5 Å². The first-order chi connectivity index (χ1) is 10.9. The van der Waals surface area contributed by atoms with Crippen LogP contribution in [0.2, 0.25) is 0 Å². The first-order valence-corrected chi connectivity index (χ1v) is 8.27. The molecule has 0 heterocycles. The zero-order chi connectivity index (χ0) is 16.9. The van der Waals surface area contributed by atoms with Gasteiger partial charge in [0.05, 0.1) is 12.8 Å². The van der Waals surface area contributed by atoms with Crippen LogP contribution in [0.4, 0.5) is 14.5 Å². The van der Waals surface area contributed by atoms with Crippen LogP contribution >= 0.6 is 0 Å². The van der Waals surface area contributed by atoms with Crippen molar-refractivity contribution < 1.29 is 26.7 Å². The highest BCUT2D eigenvalue weighted by Gasteiger charge is 2.14. The van der Waals surface area contributed by atoms with Gasteiger partial charge in [-0.2, -0.15) is 0 Å². The molecule has 0 atom stereocenters. The van der Waals surface area contributed by atoms with Crippen LogP contribution < -0.4 is 14.2 Å². The molecule has 0 aliphatic heterocycles. The molecule has 23 heavy (non-hydrogen) atoms. The van der Waals surface area contributed by atoms with E-state index in [-0.39, 0.29) is 18.0 Å². The fourth-order valence-electron chi connectivity index (χ4n) is 1.73. The van der Waals surface area contributed by atoms with E-state index in [1.807, 2.05) is 4.72 Å². The standard InChI is InChI=1S/C15H15F2NO4S/c1-21-12-3-5-13(6-4-12)22-8-9-23(19,20)18-15-7-2-11(16)10-14(15)17/h2-7,10,18H,8-9H2,1H3. The first-order valence-electron chi connectivity index (χ1n) is 6.62. The van der Waals surface area contributed by atoms with Crippen molar-refractivity contribution >= 4 is 15.7 Å². The number of methoxy groups -OCH3 is 1. The van der Waals surface area contributed by atoms with Gasteiger partial charge < -0.3 is 9.47 Å². The molecule has 0 aliphatic rings. The summed E-state index contributed by atoms with van der Waals surface area (Å²) in [6, 6.07) is 9.22. The summed E-state index contributed by atoms with van der Waals surface area (Å²) in [7, 11) is -2.28. The zero-order valence-corrected chi connectivity index (χ0v) is 13.1. The number of anilines is 1. The molecule has 0 bridgehead atoms. The van der Waals surface area contributed by atoms with Gasteiger partial charge in [0.15, 0.2) is 0 Å². The van der Waals surface area contributed by atoms with E-state index in [9.17, 15) is 17.2 Å². The average Bonchev–Trinajstić information content (AvgIpc) is 2.50. The lowest BCUT2D eigenvalue weighted by atomic mass is 10.3. The third-order valence-corrected chi connectivity index (χ3v) is 4.11. The molecule has 0 unspecified atom stereocenters. The maximum atomic E-state index is 13.4. The second-order valence-electron chi connectivity index (χ2n) is 4.57. The lowest BCUT2D eigenvalue weighted by Crippen LogP contribution is -2.21. The molecule has 0 saturated carbocycles. The third kappa shape index (κ3) is 5.10. The minimum absolute atomic E-state index is 0.121. The zero-order valence-electron chi connectivity index (χ0n) is 12.3. The maximum absolute atomic E-state index is 13.4. The molecule has 0 amide bonds. The quantitative estimate of drug-likeness (QED) is 0.840. The predicted octanol–water partition coefficient (Wildman–Crippen LogP) is 2.79. The molecule has 2 rings (SSSR count). The van der Waals surface area contributed by atoms with Crippen molar-refractivity contribution in [3.63, 3.8) is 0 Å². The van der Waals surface area contributed by atoms with Crippen molar-refractivity contribution in [2.24, 2.45) is 0 Å². The fraction of sp³-hybridized carbons (Fsp3) is 0.200. The Balaban J connectivity index is 1.90. The lowest BCUT2D eigenvalue weighted by Gasteiger charge is -2.10. The third-order valence-electron chi connectivity index (χ3n) is 2.88. The fourth-order valence-corrected chi connectivity index (χ4v) is 2.64. The molecule has 0 aromatic heterocycles. The normalized spacial score (nSPS) is 11.1. The molecule has 2 aromatic carbocycles. The summed E-state index contributed by atoms with van der Waals surface area (Å²) in [5.74, 6) is -1.01. The van der Waals surface area contributed by atoms with Gasteiger partial charge in [0.25, 0.3) is 0 Å². The van der Waals surface area contributed by atoms with Crippen LogP contribution in [-0.4, -0.2) is 27.9 Å². The maximum Gasteiger partial charge on any atom is 0.236 e. The minimum Gasteiger partial charge on any atom is -0.497 e. The van der Waals surface area contributed by atoms with E-state index in [2.05, 4.69) is 0 Å². The Hall–Kier alpha value is -2.35.